The Morgan fingerprint density at radius 3 is 1.35 bits per heavy atom. The molecule has 0 unspecified atom stereocenters. The summed E-state index contributed by atoms with van der Waals surface area (Å²) in [5.41, 5.74) is 2.78. The molecule has 2 aliphatic rings. The SMILES string of the molecule is CCNC(=O)Nc1ccc(-c2nc3n(Cc4c(F)cccc4F)ccc(=O)n3c2CN(CC(=O)NCC(=O)N2CCC[C@H]2C(=O)NCC#Cc2ccccc2C#CCNC(=O)[C@@H]2CCCN2C(=O)CNC(=O)CN(Cc2ccccc2)Cc2c(-c3ccc(NC(=O)NCC)cc3)nc3n(Cc4c(F)cccc4F)cc(C(=O)OCC)c(=O)n23)Cc2ccccc2)cc1. The van der Waals surface area contributed by atoms with Crippen molar-refractivity contribution < 1.29 is 65.4 Å². The van der Waals surface area contributed by atoms with Crippen molar-refractivity contribution in [2.45, 2.75) is 97.8 Å². The molecular weight excluding hydrogens is 1640 g/mol. The molecule has 654 valence electrons. The average Bonchev–Trinajstić information content (AvgIpc) is 1.59. The number of ether oxygens (including phenoxy) is 1. The molecule has 0 aliphatic carbocycles. The summed E-state index contributed by atoms with van der Waals surface area (Å²) in [6.45, 7) is 3.41. The van der Waals surface area contributed by atoms with Gasteiger partial charge >= 0.3 is 18.0 Å². The Morgan fingerprint density at radius 2 is 0.906 bits per heavy atom. The number of carbonyl (C=O) groups is 9. The van der Waals surface area contributed by atoms with Gasteiger partial charge in [-0.05, 0) is 118 Å². The molecule has 11 aromatic rings. The van der Waals surface area contributed by atoms with Crippen molar-refractivity contribution in [1.29, 1.82) is 0 Å². The number of hydrogen-bond acceptors (Lipinski definition) is 16. The van der Waals surface area contributed by atoms with Crippen molar-refractivity contribution in [3.8, 4) is 46.2 Å². The Balaban J connectivity index is 0.623. The van der Waals surface area contributed by atoms with Gasteiger partial charge in [-0.3, -0.25) is 48.2 Å². The second-order valence-electron chi connectivity index (χ2n) is 30.0. The minimum Gasteiger partial charge on any atom is -0.462 e. The van der Waals surface area contributed by atoms with E-state index in [2.05, 4.69) is 66.2 Å². The number of nitrogens with zero attached hydrogens (tertiary/aromatic N) is 10. The minimum atomic E-state index is -1.02. The summed E-state index contributed by atoms with van der Waals surface area (Å²) < 4.78 is 71.8. The number of carbonyl (C=O) groups excluding carboxylic acids is 9. The maximum Gasteiger partial charge on any atom is 0.345 e. The number of aromatic nitrogens is 6. The number of anilines is 2. The summed E-state index contributed by atoms with van der Waals surface area (Å²) >= 11 is 0. The normalized spacial score (nSPS) is 13.5. The number of hydrogen-bond donors (Lipinski definition) is 8. The first-order valence-corrected chi connectivity index (χ1v) is 41.4. The number of esters is 1. The maximum absolute atomic E-state index is 15.5. The van der Waals surface area contributed by atoms with Crippen LogP contribution >= 0.6 is 0 Å². The molecular formula is C93H92F4N18O12. The number of halogens is 4. The second-order valence-corrected chi connectivity index (χ2v) is 30.0. The van der Waals surface area contributed by atoms with Gasteiger partial charge in [-0.25, -0.2) is 50.7 Å². The topological polar surface area (TPSA) is 351 Å². The van der Waals surface area contributed by atoms with E-state index < -0.39 is 125 Å². The van der Waals surface area contributed by atoms with Gasteiger partial charge in [-0.15, -0.1) is 0 Å². The van der Waals surface area contributed by atoms with Gasteiger partial charge in [0.1, 0.15) is 40.9 Å². The highest BCUT2D eigenvalue weighted by molar-refractivity contribution is 5.94. The molecule has 13 rings (SSSR count). The number of benzene rings is 7. The fourth-order valence-corrected chi connectivity index (χ4v) is 15.2. The third-order valence-electron chi connectivity index (χ3n) is 21.2. The highest BCUT2D eigenvalue weighted by atomic mass is 19.1. The number of nitrogens with one attached hydrogen (secondary N) is 8. The van der Waals surface area contributed by atoms with Crippen LogP contribution in [0.1, 0.15) is 102 Å². The van der Waals surface area contributed by atoms with E-state index in [0.29, 0.717) is 83.8 Å². The van der Waals surface area contributed by atoms with Crippen molar-refractivity contribution >= 4 is 76.4 Å². The van der Waals surface area contributed by atoms with Gasteiger partial charge in [0.25, 0.3) is 11.1 Å². The van der Waals surface area contributed by atoms with E-state index >= 15 is 17.6 Å². The predicted molar refractivity (Wildman–Crippen MR) is 465 cm³/mol. The summed E-state index contributed by atoms with van der Waals surface area (Å²) in [5, 5.41) is 21.9. The number of rotatable bonds is 32. The molecule has 4 aromatic heterocycles. The Kier molecular flexibility index (Phi) is 29.9. The van der Waals surface area contributed by atoms with Crippen molar-refractivity contribution in [1.82, 2.24) is 79.4 Å². The molecule has 0 spiro atoms. The smallest absolute Gasteiger partial charge is 0.345 e. The second kappa shape index (κ2) is 42.4. The molecule has 0 bridgehead atoms. The first kappa shape index (κ1) is 89.7. The van der Waals surface area contributed by atoms with E-state index in [4.69, 9.17) is 14.7 Å². The fraction of sp³-hybridized carbons (Fsp3) is 0.280. The summed E-state index contributed by atoms with van der Waals surface area (Å²) in [6, 6.07) is 43.9. The van der Waals surface area contributed by atoms with E-state index in [1.165, 1.54) is 47.7 Å². The zero-order valence-electron chi connectivity index (χ0n) is 69.8. The van der Waals surface area contributed by atoms with Crippen LogP contribution in [-0.2, 0) is 72.8 Å². The molecule has 2 saturated heterocycles. The van der Waals surface area contributed by atoms with E-state index in [-0.39, 0.29) is 113 Å². The highest BCUT2D eigenvalue weighted by Gasteiger charge is 2.37. The maximum atomic E-state index is 15.5. The lowest BCUT2D eigenvalue weighted by Gasteiger charge is -2.25. The number of urea groups is 2. The van der Waals surface area contributed by atoms with Gasteiger partial charge in [-0.2, -0.15) is 0 Å². The summed E-state index contributed by atoms with van der Waals surface area (Å²) in [6.07, 6.45) is 4.19. The average molecular weight is 1730 g/mol. The van der Waals surface area contributed by atoms with Crippen LogP contribution in [0.2, 0.25) is 0 Å². The summed E-state index contributed by atoms with van der Waals surface area (Å²) in [7, 11) is 0. The molecule has 2 aliphatic heterocycles. The molecule has 2 atom stereocenters. The first-order chi connectivity index (χ1) is 61.5. The molecule has 0 saturated carbocycles. The number of fused-ring (bicyclic) bond motifs is 2. The third-order valence-corrected chi connectivity index (χ3v) is 21.2. The summed E-state index contributed by atoms with van der Waals surface area (Å²) in [4.78, 5) is 168. The fourth-order valence-electron chi connectivity index (χ4n) is 15.2. The van der Waals surface area contributed by atoms with Crippen LogP contribution in [0.5, 0.6) is 0 Å². The van der Waals surface area contributed by atoms with E-state index in [1.54, 1.807) is 116 Å². The van der Waals surface area contributed by atoms with Crippen molar-refractivity contribution in [2.24, 2.45) is 0 Å². The van der Waals surface area contributed by atoms with Gasteiger partial charge in [-0.1, -0.05) is 133 Å². The number of amides is 10. The van der Waals surface area contributed by atoms with Gasteiger partial charge < -0.3 is 66.2 Å². The minimum absolute atomic E-state index is 0.0537. The van der Waals surface area contributed by atoms with Gasteiger partial charge in [0.15, 0.2) is 0 Å². The van der Waals surface area contributed by atoms with Crippen molar-refractivity contribution in [3.05, 3.63) is 283 Å². The Labute approximate surface area is 727 Å². The molecule has 34 heteroatoms. The Morgan fingerprint density at radius 1 is 0.480 bits per heavy atom. The quantitative estimate of drug-likeness (QED) is 0.0112. The molecule has 6 heterocycles. The van der Waals surface area contributed by atoms with Gasteiger partial charge in [0, 0.05) is 116 Å². The van der Waals surface area contributed by atoms with E-state index in [1.807, 2.05) is 48.5 Å². The third kappa shape index (κ3) is 22.5. The lowest BCUT2D eigenvalue weighted by Crippen LogP contribution is -2.49. The molecule has 127 heavy (non-hydrogen) atoms. The standard InChI is InChI=1S/C93H92F4N18O12/c1-4-98-90(125)104-66-39-35-64(36-40-66)84-77(114-81(118)43-48-110(92(114)106-84)53-68-71(94)29-15-30-72(68)95)56-108(51-60-21-9-7-10-22-60)58-79(116)102-49-82(119)112-46-19-33-75(112)86(121)100-44-17-27-62-25-13-14-26-63(62)28-18-45-101-87(122)76-34-20-47-113(76)83(120)50-103-80(117)59-109(52-61-23-11-8-12-24-61)57-78-85(65-37-41-67(42-38-65)105-91(126)99-5-2)107-93-111(54-69-73(96)31-16-32-74(69)97)55-70(88(123)115(78)93)89(124)127-6-3/h7-16,21-26,29-32,35-43,48,55,75-76H,4-6,19-20,33-34,44-47,49-54,56-59H2,1-3H3,(H,100,121)(H,101,122)(H,102,116)(H,103,117)(H2,98,104,125)(H2,99,105,126)/t75-,76-/m0/s1. The van der Waals surface area contributed by atoms with Gasteiger partial charge in [0.2, 0.25) is 47.0 Å². The Hall–Kier alpha value is -15.0. The highest BCUT2D eigenvalue weighted by Crippen LogP contribution is 2.32. The van der Waals surface area contributed by atoms with Crippen LogP contribution < -0.4 is 53.7 Å². The van der Waals surface area contributed by atoms with Crippen LogP contribution in [0.25, 0.3) is 34.1 Å². The zero-order valence-corrected chi connectivity index (χ0v) is 69.8. The van der Waals surface area contributed by atoms with E-state index in [9.17, 15) is 52.7 Å². The molecule has 0 radical (unpaired) electrons. The molecule has 10 amide bonds. The molecule has 30 nitrogen and oxygen atoms in total. The van der Waals surface area contributed by atoms with Crippen LogP contribution in [0, 0.1) is 47.0 Å². The van der Waals surface area contributed by atoms with Gasteiger partial charge in [0.05, 0.1) is 81.7 Å². The number of imidazole rings is 2. The Bertz CT molecular complexity index is 6160. The monoisotopic (exact) mass is 1730 g/mol. The summed E-state index contributed by atoms with van der Waals surface area (Å²) in [5.74, 6) is 4.37. The zero-order chi connectivity index (χ0) is 89.6. The number of likely N-dealkylation sites (tertiary alicyclic amines) is 2. The largest absolute Gasteiger partial charge is 0.462 e. The van der Waals surface area contributed by atoms with Crippen LogP contribution in [-0.4, -0.2) is 185 Å². The van der Waals surface area contributed by atoms with Crippen LogP contribution in [0.15, 0.2) is 198 Å². The van der Waals surface area contributed by atoms with Crippen LogP contribution in [0.3, 0.4) is 0 Å². The van der Waals surface area contributed by atoms with Crippen molar-refractivity contribution in [3.63, 3.8) is 0 Å². The molecule has 7 aromatic carbocycles. The molecule has 2 fully saturated rings. The predicted octanol–water partition coefficient (Wildman–Crippen LogP) is 8.31. The van der Waals surface area contributed by atoms with Crippen molar-refractivity contribution in [2.75, 3.05) is 82.7 Å². The first-order valence-electron chi connectivity index (χ1n) is 41.4. The lowest BCUT2D eigenvalue weighted by atomic mass is 10.1. The van der Waals surface area contributed by atoms with Crippen LogP contribution in [0.4, 0.5) is 38.5 Å². The molecule has 8 N–H and O–H groups in total. The lowest BCUT2D eigenvalue weighted by molar-refractivity contribution is -0.138. The van der Waals surface area contributed by atoms with E-state index in [0.717, 1.165) is 46.0 Å².